The van der Waals surface area contributed by atoms with E-state index < -0.39 is 0 Å². The Morgan fingerprint density at radius 1 is 1.00 bits per heavy atom. The van der Waals surface area contributed by atoms with Crippen LogP contribution in [0, 0.1) is 5.82 Å². The molecule has 4 heteroatoms. The normalized spacial score (nSPS) is 10.8. The third-order valence-corrected chi connectivity index (χ3v) is 2.45. The lowest BCUT2D eigenvalue weighted by Crippen LogP contribution is -1.94. The number of rotatable bonds is 1. The molecule has 0 amide bonds. The predicted octanol–water partition coefficient (Wildman–Crippen LogP) is 2.54. The minimum Gasteiger partial charge on any atom is -0.284 e. The van der Waals surface area contributed by atoms with Crippen LogP contribution in [-0.2, 0) is 0 Å². The molecule has 0 saturated carbocycles. The van der Waals surface area contributed by atoms with Crippen molar-refractivity contribution in [2.24, 2.45) is 0 Å². The summed E-state index contributed by atoms with van der Waals surface area (Å²) in [4.78, 5) is 8.15. The molecule has 0 atom stereocenters. The van der Waals surface area contributed by atoms with Gasteiger partial charge in [-0.3, -0.25) is 4.40 Å². The van der Waals surface area contributed by atoms with Crippen molar-refractivity contribution in [3.05, 3.63) is 54.7 Å². The maximum absolute atomic E-state index is 13.7. The minimum atomic E-state index is -0.247. The van der Waals surface area contributed by atoms with E-state index in [1.165, 1.54) is 6.07 Å². The van der Waals surface area contributed by atoms with E-state index in [2.05, 4.69) is 9.97 Å². The molecule has 78 valence electrons. The summed E-state index contributed by atoms with van der Waals surface area (Å²) < 4.78 is 15.4. The molecule has 16 heavy (non-hydrogen) atoms. The van der Waals surface area contributed by atoms with Crippen LogP contribution in [0.3, 0.4) is 0 Å². The zero-order valence-corrected chi connectivity index (χ0v) is 8.34. The third-order valence-electron chi connectivity index (χ3n) is 2.45. The number of hydrogen-bond acceptors (Lipinski definition) is 2. The highest BCUT2D eigenvalue weighted by Crippen LogP contribution is 2.22. The van der Waals surface area contributed by atoms with Gasteiger partial charge < -0.3 is 0 Å². The first kappa shape index (κ1) is 9.03. The molecule has 0 aliphatic carbocycles. The quantitative estimate of drug-likeness (QED) is 0.621. The highest BCUT2D eigenvalue weighted by molar-refractivity contribution is 5.62. The van der Waals surface area contributed by atoms with Gasteiger partial charge in [0.2, 0.25) is 5.78 Å². The van der Waals surface area contributed by atoms with Crippen LogP contribution in [0.4, 0.5) is 4.39 Å². The molecule has 0 spiro atoms. The van der Waals surface area contributed by atoms with E-state index in [0.29, 0.717) is 11.3 Å². The maximum atomic E-state index is 13.7. The second-order valence-electron chi connectivity index (χ2n) is 3.41. The van der Waals surface area contributed by atoms with Gasteiger partial charge >= 0.3 is 0 Å². The molecule has 3 aromatic rings. The molecular formula is C12H8FN3. The van der Waals surface area contributed by atoms with Gasteiger partial charge in [-0.05, 0) is 18.2 Å². The van der Waals surface area contributed by atoms with E-state index >= 15 is 0 Å². The zero-order chi connectivity index (χ0) is 11.0. The van der Waals surface area contributed by atoms with Crippen molar-refractivity contribution in [2.75, 3.05) is 0 Å². The van der Waals surface area contributed by atoms with Gasteiger partial charge in [-0.25, -0.2) is 14.4 Å². The zero-order valence-electron chi connectivity index (χ0n) is 8.34. The van der Waals surface area contributed by atoms with E-state index in [9.17, 15) is 4.39 Å². The molecule has 0 unspecified atom stereocenters. The van der Waals surface area contributed by atoms with Crippen LogP contribution in [0.5, 0.6) is 0 Å². The van der Waals surface area contributed by atoms with Gasteiger partial charge in [-0.15, -0.1) is 0 Å². The van der Waals surface area contributed by atoms with Gasteiger partial charge in [0, 0.05) is 24.2 Å². The van der Waals surface area contributed by atoms with Crippen molar-refractivity contribution in [1.82, 2.24) is 14.4 Å². The molecule has 0 N–H and O–H groups in total. The largest absolute Gasteiger partial charge is 0.284 e. The summed E-state index contributed by atoms with van der Waals surface area (Å²) in [6.45, 7) is 0. The second-order valence-corrected chi connectivity index (χ2v) is 3.41. The Hall–Kier alpha value is -2.23. The number of imidazole rings is 1. The number of hydrogen-bond donors (Lipinski definition) is 0. The fraction of sp³-hybridized carbons (Fsp3) is 0. The number of aromatic nitrogens is 3. The molecule has 2 aromatic heterocycles. The first-order valence-corrected chi connectivity index (χ1v) is 4.89. The van der Waals surface area contributed by atoms with Crippen LogP contribution in [0.2, 0.25) is 0 Å². The molecule has 3 rings (SSSR count). The van der Waals surface area contributed by atoms with Gasteiger partial charge in [-0.2, -0.15) is 0 Å². The van der Waals surface area contributed by atoms with Crippen molar-refractivity contribution in [3.63, 3.8) is 0 Å². The molecule has 0 aliphatic heterocycles. The summed E-state index contributed by atoms with van der Waals surface area (Å²) >= 11 is 0. The van der Waals surface area contributed by atoms with Crippen LogP contribution in [-0.4, -0.2) is 14.4 Å². The molecule has 3 nitrogen and oxygen atoms in total. The smallest absolute Gasteiger partial charge is 0.234 e. The molecular weight excluding hydrogens is 205 g/mol. The number of fused-ring (bicyclic) bond motifs is 1. The van der Waals surface area contributed by atoms with Crippen molar-refractivity contribution < 1.29 is 4.39 Å². The molecule has 0 fully saturated rings. The lowest BCUT2D eigenvalue weighted by atomic mass is 10.1. The Bertz CT molecular complexity index is 645. The van der Waals surface area contributed by atoms with Gasteiger partial charge in [-0.1, -0.05) is 12.1 Å². The van der Waals surface area contributed by atoms with Crippen molar-refractivity contribution in [2.45, 2.75) is 0 Å². The summed E-state index contributed by atoms with van der Waals surface area (Å²) in [6, 6.07) is 8.43. The topological polar surface area (TPSA) is 30.2 Å². The van der Waals surface area contributed by atoms with Crippen molar-refractivity contribution in [3.8, 4) is 11.3 Å². The summed E-state index contributed by atoms with van der Waals surface area (Å²) in [7, 11) is 0. The highest BCUT2D eigenvalue weighted by atomic mass is 19.1. The Balaban J connectivity index is 2.34. The van der Waals surface area contributed by atoms with Crippen LogP contribution in [0.15, 0.2) is 48.9 Å². The average molecular weight is 213 g/mol. The maximum Gasteiger partial charge on any atom is 0.234 e. The lowest BCUT2D eigenvalue weighted by Gasteiger charge is -2.05. The second kappa shape index (κ2) is 3.41. The highest BCUT2D eigenvalue weighted by Gasteiger charge is 2.07. The SMILES string of the molecule is Fc1ccccc1-c1ccnc2nccn12. The standard InChI is InChI=1S/C12H8FN3/c13-10-4-2-1-3-9(10)11-5-6-14-12-15-7-8-16(11)12/h1-8H. The van der Waals surface area contributed by atoms with E-state index in [0.717, 1.165) is 5.69 Å². The van der Waals surface area contributed by atoms with Crippen LogP contribution < -0.4 is 0 Å². The number of halogens is 1. The Labute approximate surface area is 91.2 Å². The van der Waals surface area contributed by atoms with Crippen LogP contribution in [0.1, 0.15) is 0 Å². The summed E-state index contributed by atoms with van der Waals surface area (Å²) in [6.07, 6.45) is 5.04. The van der Waals surface area contributed by atoms with E-state index in [4.69, 9.17) is 0 Å². The molecule has 0 aliphatic rings. The third kappa shape index (κ3) is 1.27. The Morgan fingerprint density at radius 3 is 2.69 bits per heavy atom. The monoisotopic (exact) mass is 213 g/mol. The predicted molar refractivity (Wildman–Crippen MR) is 58.4 cm³/mol. The number of benzene rings is 1. The first-order valence-electron chi connectivity index (χ1n) is 4.89. The van der Waals surface area contributed by atoms with Crippen molar-refractivity contribution in [1.29, 1.82) is 0 Å². The first-order chi connectivity index (χ1) is 7.86. The van der Waals surface area contributed by atoms with Gasteiger partial charge in [0.15, 0.2) is 0 Å². The Morgan fingerprint density at radius 2 is 1.81 bits per heavy atom. The lowest BCUT2D eigenvalue weighted by molar-refractivity contribution is 0.630. The summed E-state index contributed by atoms with van der Waals surface area (Å²) in [5.41, 5.74) is 1.30. The van der Waals surface area contributed by atoms with Gasteiger partial charge in [0.25, 0.3) is 0 Å². The fourth-order valence-electron chi connectivity index (χ4n) is 1.72. The van der Waals surface area contributed by atoms with Gasteiger partial charge in [0.05, 0.1) is 5.69 Å². The van der Waals surface area contributed by atoms with E-state index in [1.807, 2.05) is 6.07 Å². The average Bonchev–Trinajstić information content (AvgIpc) is 2.77. The summed E-state index contributed by atoms with van der Waals surface area (Å²) in [5, 5.41) is 0. The summed E-state index contributed by atoms with van der Waals surface area (Å²) in [5.74, 6) is 0.324. The van der Waals surface area contributed by atoms with E-state index in [1.54, 1.807) is 41.2 Å². The van der Waals surface area contributed by atoms with Crippen LogP contribution in [0.25, 0.3) is 17.0 Å². The minimum absolute atomic E-state index is 0.247. The Kier molecular flexibility index (Phi) is 1.93. The molecule has 2 heterocycles. The van der Waals surface area contributed by atoms with E-state index in [-0.39, 0.29) is 5.82 Å². The molecule has 1 aromatic carbocycles. The fourth-order valence-corrected chi connectivity index (χ4v) is 1.72. The molecule has 0 saturated heterocycles. The molecule has 0 radical (unpaired) electrons. The molecule has 0 bridgehead atoms. The van der Waals surface area contributed by atoms with Gasteiger partial charge in [0.1, 0.15) is 5.82 Å². The number of nitrogens with zero attached hydrogens (tertiary/aromatic N) is 3. The van der Waals surface area contributed by atoms with Crippen LogP contribution >= 0.6 is 0 Å². The van der Waals surface area contributed by atoms with Crippen molar-refractivity contribution >= 4 is 5.78 Å².